The number of nitrogens with zero attached hydrogens (tertiary/aromatic N) is 4. The fourth-order valence-electron chi connectivity index (χ4n) is 1.74. The second-order valence-electron chi connectivity index (χ2n) is 4.61. The molecule has 0 aliphatic rings. The number of rotatable bonds is 3. The Labute approximate surface area is 101 Å². The Balaban J connectivity index is 2.46. The molecule has 90 valence electrons. The van der Waals surface area contributed by atoms with Crippen molar-refractivity contribution in [3.05, 3.63) is 23.8 Å². The largest absolute Gasteiger partial charge is 0.398 e. The van der Waals surface area contributed by atoms with Gasteiger partial charge >= 0.3 is 0 Å². The molecule has 0 radical (unpaired) electrons. The number of para-hydroxylation sites is 1. The van der Waals surface area contributed by atoms with Gasteiger partial charge in [-0.25, -0.2) is 4.68 Å². The molecule has 0 saturated carbocycles. The topological polar surface area (TPSA) is 69.6 Å². The molecular formula is C12H17N5. The van der Waals surface area contributed by atoms with E-state index in [4.69, 9.17) is 5.73 Å². The van der Waals surface area contributed by atoms with Gasteiger partial charge in [0, 0.05) is 17.8 Å². The highest BCUT2D eigenvalue weighted by molar-refractivity contribution is 5.73. The number of tetrazole rings is 1. The molecule has 17 heavy (non-hydrogen) atoms. The van der Waals surface area contributed by atoms with Crippen LogP contribution in [0.1, 0.15) is 19.4 Å². The van der Waals surface area contributed by atoms with E-state index in [1.807, 2.05) is 25.1 Å². The van der Waals surface area contributed by atoms with Gasteiger partial charge in [-0.2, -0.15) is 0 Å². The predicted molar refractivity (Wildman–Crippen MR) is 67.2 cm³/mol. The van der Waals surface area contributed by atoms with Gasteiger partial charge in [0.1, 0.15) is 0 Å². The normalized spacial score (nSPS) is 11.1. The van der Waals surface area contributed by atoms with Crippen LogP contribution in [0.15, 0.2) is 18.2 Å². The quantitative estimate of drug-likeness (QED) is 0.819. The summed E-state index contributed by atoms with van der Waals surface area (Å²) < 4.78 is 1.80. The second kappa shape index (κ2) is 4.53. The van der Waals surface area contributed by atoms with Crippen LogP contribution in [-0.4, -0.2) is 20.2 Å². The SMILES string of the molecule is Cc1cccc(-c2nnnn2CC(C)C)c1N. The first-order chi connectivity index (χ1) is 8.09. The minimum atomic E-state index is 0.489. The maximum absolute atomic E-state index is 6.06. The molecule has 0 aliphatic heterocycles. The van der Waals surface area contributed by atoms with Gasteiger partial charge in [0.15, 0.2) is 5.82 Å². The average molecular weight is 231 g/mol. The Bertz CT molecular complexity index is 515. The Hall–Kier alpha value is -1.91. The standard InChI is InChI=1S/C12H17N5/c1-8(2)7-17-12(14-15-16-17)10-6-4-5-9(3)11(10)13/h4-6,8H,7,13H2,1-3H3. The number of aryl methyl sites for hydroxylation is 1. The van der Waals surface area contributed by atoms with Gasteiger partial charge in [-0.3, -0.25) is 0 Å². The molecule has 2 aromatic rings. The van der Waals surface area contributed by atoms with E-state index in [2.05, 4.69) is 29.4 Å². The average Bonchev–Trinajstić information content (AvgIpc) is 2.69. The number of nitrogens with two attached hydrogens (primary N) is 1. The molecule has 5 heteroatoms. The van der Waals surface area contributed by atoms with Crippen molar-refractivity contribution in [3.63, 3.8) is 0 Å². The van der Waals surface area contributed by atoms with Crippen molar-refractivity contribution in [1.82, 2.24) is 20.2 Å². The molecule has 0 atom stereocenters. The molecule has 0 bridgehead atoms. The summed E-state index contributed by atoms with van der Waals surface area (Å²) in [7, 11) is 0. The number of aromatic nitrogens is 4. The van der Waals surface area contributed by atoms with Gasteiger partial charge < -0.3 is 5.73 Å². The summed E-state index contributed by atoms with van der Waals surface area (Å²) in [5, 5.41) is 11.8. The molecule has 0 aliphatic carbocycles. The van der Waals surface area contributed by atoms with Crippen molar-refractivity contribution in [2.75, 3.05) is 5.73 Å². The third-order valence-corrected chi connectivity index (χ3v) is 2.64. The van der Waals surface area contributed by atoms with Crippen LogP contribution in [0.25, 0.3) is 11.4 Å². The minimum Gasteiger partial charge on any atom is -0.398 e. The predicted octanol–water partition coefficient (Wildman–Crippen LogP) is 1.89. The lowest BCUT2D eigenvalue weighted by Gasteiger charge is -2.10. The van der Waals surface area contributed by atoms with E-state index in [0.717, 1.165) is 29.2 Å². The highest BCUT2D eigenvalue weighted by atomic mass is 15.5. The number of hydrogen-bond donors (Lipinski definition) is 1. The molecule has 2 N–H and O–H groups in total. The van der Waals surface area contributed by atoms with Crippen LogP contribution < -0.4 is 5.73 Å². The van der Waals surface area contributed by atoms with Gasteiger partial charge in [0.05, 0.1) is 0 Å². The molecule has 0 amide bonds. The van der Waals surface area contributed by atoms with E-state index in [9.17, 15) is 0 Å². The van der Waals surface area contributed by atoms with Gasteiger partial charge in [-0.05, 0) is 34.9 Å². The summed E-state index contributed by atoms with van der Waals surface area (Å²) >= 11 is 0. The smallest absolute Gasteiger partial charge is 0.184 e. The summed E-state index contributed by atoms with van der Waals surface area (Å²) in [4.78, 5) is 0. The number of anilines is 1. The van der Waals surface area contributed by atoms with E-state index in [0.29, 0.717) is 5.92 Å². The fourth-order valence-corrected chi connectivity index (χ4v) is 1.74. The van der Waals surface area contributed by atoms with Gasteiger partial charge in [0.2, 0.25) is 0 Å². The van der Waals surface area contributed by atoms with Crippen molar-refractivity contribution in [1.29, 1.82) is 0 Å². The monoisotopic (exact) mass is 231 g/mol. The lowest BCUT2D eigenvalue weighted by Crippen LogP contribution is -2.09. The van der Waals surface area contributed by atoms with Crippen molar-refractivity contribution in [2.24, 2.45) is 5.92 Å². The van der Waals surface area contributed by atoms with E-state index in [1.54, 1.807) is 4.68 Å². The molecule has 5 nitrogen and oxygen atoms in total. The second-order valence-corrected chi connectivity index (χ2v) is 4.61. The number of hydrogen-bond acceptors (Lipinski definition) is 4. The van der Waals surface area contributed by atoms with E-state index in [1.165, 1.54) is 0 Å². The first-order valence-electron chi connectivity index (χ1n) is 5.71. The van der Waals surface area contributed by atoms with Crippen LogP contribution >= 0.6 is 0 Å². The lowest BCUT2D eigenvalue weighted by atomic mass is 10.1. The van der Waals surface area contributed by atoms with E-state index < -0.39 is 0 Å². The van der Waals surface area contributed by atoms with Crippen molar-refractivity contribution in [3.8, 4) is 11.4 Å². The fraction of sp³-hybridized carbons (Fsp3) is 0.417. The third-order valence-electron chi connectivity index (χ3n) is 2.64. The molecule has 1 aromatic heterocycles. The minimum absolute atomic E-state index is 0.489. The summed E-state index contributed by atoms with van der Waals surface area (Å²) in [5.41, 5.74) is 8.75. The van der Waals surface area contributed by atoms with Gasteiger partial charge in [0.25, 0.3) is 0 Å². The molecule has 0 spiro atoms. The van der Waals surface area contributed by atoms with Crippen LogP contribution in [0.2, 0.25) is 0 Å². The molecule has 0 unspecified atom stereocenters. The summed E-state index contributed by atoms with van der Waals surface area (Å²) in [5.74, 6) is 1.23. The molecule has 2 rings (SSSR count). The van der Waals surface area contributed by atoms with Gasteiger partial charge in [-0.1, -0.05) is 26.0 Å². The summed E-state index contributed by atoms with van der Waals surface area (Å²) in [6, 6.07) is 5.90. The zero-order valence-electron chi connectivity index (χ0n) is 10.4. The van der Waals surface area contributed by atoms with Crippen molar-refractivity contribution < 1.29 is 0 Å². The Morgan fingerprint density at radius 1 is 1.35 bits per heavy atom. The summed E-state index contributed by atoms with van der Waals surface area (Å²) in [6.45, 7) is 7.03. The maximum Gasteiger partial charge on any atom is 0.184 e. The lowest BCUT2D eigenvalue weighted by molar-refractivity contribution is 0.475. The number of nitrogen functional groups attached to an aromatic ring is 1. The highest BCUT2D eigenvalue weighted by Gasteiger charge is 2.13. The van der Waals surface area contributed by atoms with Gasteiger partial charge in [-0.15, -0.1) is 5.10 Å². The molecular weight excluding hydrogens is 214 g/mol. The molecule has 1 aromatic carbocycles. The number of benzene rings is 1. The summed E-state index contributed by atoms with van der Waals surface area (Å²) in [6.07, 6.45) is 0. The van der Waals surface area contributed by atoms with E-state index >= 15 is 0 Å². The Morgan fingerprint density at radius 3 is 2.82 bits per heavy atom. The first-order valence-corrected chi connectivity index (χ1v) is 5.71. The van der Waals surface area contributed by atoms with Crippen LogP contribution in [-0.2, 0) is 6.54 Å². The third kappa shape index (κ3) is 2.27. The highest BCUT2D eigenvalue weighted by Crippen LogP contribution is 2.26. The zero-order valence-corrected chi connectivity index (χ0v) is 10.4. The Kier molecular flexibility index (Phi) is 3.08. The molecule has 0 fully saturated rings. The zero-order chi connectivity index (χ0) is 12.4. The Morgan fingerprint density at radius 2 is 2.12 bits per heavy atom. The van der Waals surface area contributed by atoms with Crippen LogP contribution in [0.3, 0.4) is 0 Å². The van der Waals surface area contributed by atoms with Crippen molar-refractivity contribution >= 4 is 5.69 Å². The molecule has 1 heterocycles. The van der Waals surface area contributed by atoms with Crippen molar-refractivity contribution in [2.45, 2.75) is 27.3 Å². The van der Waals surface area contributed by atoms with Crippen LogP contribution in [0.5, 0.6) is 0 Å². The molecule has 0 saturated heterocycles. The first kappa shape index (κ1) is 11.6. The van der Waals surface area contributed by atoms with Crippen LogP contribution in [0.4, 0.5) is 5.69 Å². The van der Waals surface area contributed by atoms with Crippen LogP contribution in [0, 0.1) is 12.8 Å². The van der Waals surface area contributed by atoms with E-state index in [-0.39, 0.29) is 0 Å². The maximum atomic E-state index is 6.06.